The van der Waals surface area contributed by atoms with Gasteiger partial charge in [0.25, 0.3) is 0 Å². The Hall–Kier alpha value is -2.92. The van der Waals surface area contributed by atoms with E-state index in [-0.39, 0.29) is 0 Å². The molecular weight excluding hydrogens is 304 g/mol. The number of rotatable bonds is 3. The molecule has 0 atom stereocenters. The second kappa shape index (κ2) is 6.06. The first-order chi connectivity index (χ1) is 11.4. The normalized spacial score (nSPS) is 10.6. The summed E-state index contributed by atoms with van der Waals surface area (Å²) in [6.07, 6.45) is 5.24. The van der Waals surface area contributed by atoms with Crippen LogP contribution >= 0.6 is 11.3 Å². The average molecular weight is 316 g/mol. The van der Waals surface area contributed by atoms with Gasteiger partial charge in [0.1, 0.15) is 5.69 Å². The summed E-state index contributed by atoms with van der Waals surface area (Å²) in [6.45, 7) is 0. The maximum Gasteiger partial charge on any atom is 0.188 e. The Morgan fingerprint density at radius 2 is 1.43 bits per heavy atom. The molecule has 0 amide bonds. The van der Waals surface area contributed by atoms with E-state index in [9.17, 15) is 0 Å². The van der Waals surface area contributed by atoms with Crippen LogP contribution in [0.15, 0.2) is 73.2 Å². The highest BCUT2D eigenvalue weighted by molar-refractivity contribution is 7.18. The quantitative estimate of drug-likeness (QED) is 0.564. The van der Waals surface area contributed by atoms with Gasteiger partial charge in [0.2, 0.25) is 0 Å². The SMILES string of the molecule is c1ccc(-c2sc(-c3ncccn3)nc2-c2ccccn2)cc1. The Bertz CT molecular complexity index is 849. The van der Waals surface area contributed by atoms with Crippen LogP contribution in [0.4, 0.5) is 0 Å². The van der Waals surface area contributed by atoms with Gasteiger partial charge >= 0.3 is 0 Å². The summed E-state index contributed by atoms with van der Waals surface area (Å²) < 4.78 is 0. The lowest BCUT2D eigenvalue weighted by Crippen LogP contribution is -1.87. The summed E-state index contributed by atoms with van der Waals surface area (Å²) in [7, 11) is 0. The van der Waals surface area contributed by atoms with Crippen molar-refractivity contribution in [3.8, 4) is 32.7 Å². The number of aromatic nitrogens is 4. The third-order valence-electron chi connectivity index (χ3n) is 3.33. The lowest BCUT2D eigenvalue weighted by molar-refractivity contribution is 1.16. The molecule has 0 saturated carbocycles. The fraction of sp³-hybridized carbons (Fsp3) is 0. The molecule has 23 heavy (non-hydrogen) atoms. The summed E-state index contributed by atoms with van der Waals surface area (Å²) >= 11 is 1.58. The molecular formula is C18H12N4S. The van der Waals surface area contributed by atoms with E-state index in [1.807, 2.05) is 36.4 Å². The first kappa shape index (κ1) is 13.7. The van der Waals surface area contributed by atoms with Crippen molar-refractivity contribution in [2.45, 2.75) is 0 Å². The Balaban J connectivity index is 1.91. The Morgan fingerprint density at radius 1 is 0.696 bits per heavy atom. The number of benzene rings is 1. The van der Waals surface area contributed by atoms with Crippen molar-refractivity contribution in [2.75, 3.05) is 0 Å². The van der Waals surface area contributed by atoms with Gasteiger partial charge in [-0.05, 0) is 23.8 Å². The molecule has 0 spiro atoms. The third-order valence-corrected chi connectivity index (χ3v) is 4.43. The molecule has 0 aliphatic heterocycles. The second-order valence-corrected chi connectivity index (χ2v) is 5.85. The van der Waals surface area contributed by atoms with Crippen molar-refractivity contribution in [1.82, 2.24) is 19.9 Å². The molecule has 3 heterocycles. The fourth-order valence-electron chi connectivity index (χ4n) is 2.29. The summed E-state index contributed by atoms with van der Waals surface area (Å²) in [6, 6.07) is 17.9. The third kappa shape index (κ3) is 2.74. The summed E-state index contributed by atoms with van der Waals surface area (Å²) in [5, 5.41) is 0.796. The van der Waals surface area contributed by atoms with Crippen LogP contribution in [0.2, 0.25) is 0 Å². The summed E-state index contributed by atoms with van der Waals surface area (Å²) in [5.74, 6) is 0.636. The van der Waals surface area contributed by atoms with E-state index < -0.39 is 0 Å². The van der Waals surface area contributed by atoms with Gasteiger partial charge in [0, 0.05) is 18.6 Å². The number of pyridine rings is 1. The Morgan fingerprint density at radius 3 is 2.17 bits per heavy atom. The number of thiazole rings is 1. The molecule has 0 fully saturated rings. The van der Waals surface area contributed by atoms with Crippen LogP contribution in [0.5, 0.6) is 0 Å². The van der Waals surface area contributed by atoms with Crippen LogP contribution in [-0.2, 0) is 0 Å². The molecule has 0 aliphatic rings. The zero-order valence-electron chi connectivity index (χ0n) is 12.1. The Kier molecular flexibility index (Phi) is 3.62. The molecule has 0 saturated heterocycles. The fourth-order valence-corrected chi connectivity index (χ4v) is 3.31. The number of nitrogens with zero attached hydrogens (tertiary/aromatic N) is 4. The molecule has 4 aromatic rings. The maximum absolute atomic E-state index is 4.76. The van der Waals surface area contributed by atoms with E-state index in [2.05, 4.69) is 27.1 Å². The van der Waals surface area contributed by atoms with E-state index in [0.717, 1.165) is 26.8 Å². The minimum absolute atomic E-state index is 0.636. The molecule has 0 aliphatic carbocycles. The molecule has 0 radical (unpaired) electrons. The van der Waals surface area contributed by atoms with Crippen LogP contribution in [0.25, 0.3) is 32.7 Å². The van der Waals surface area contributed by atoms with Gasteiger partial charge in [-0.1, -0.05) is 36.4 Å². The first-order valence-corrected chi connectivity index (χ1v) is 7.98. The number of hydrogen-bond acceptors (Lipinski definition) is 5. The van der Waals surface area contributed by atoms with Crippen LogP contribution in [-0.4, -0.2) is 19.9 Å². The predicted molar refractivity (Wildman–Crippen MR) is 91.8 cm³/mol. The smallest absolute Gasteiger partial charge is 0.188 e. The van der Waals surface area contributed by atoms with Crippen molar-refractivity contribution < 1.29 is 0 Å². The largest absolute Gasteiger partial charge is 0.255 e. The first-order valence-electron chi connectivity index (χ1n) is 7.17. The van der Waals surface area contributed by atoms with Gasteiger partial charge in [-0.2, -0.15) is 0 Å². The minimum atomic E-state index is 0.636. The standard InChI is InChI=1S/C18H12N4S/c1-2-7-13(8-3-1)16-15(14-9-4-5-10-19-14)22-18(23-16)17-20-11-6-12-21-17/h1-12H. The van der Waals surface area contributed by atoms with E-state index >= 15 is 0 Å². The molecule has 4 rings (SSSR count). The molecule has 1 aromatic carbocycles. The lowest BCUT2D eigenvalue weighted by atomic mass is 10.1. The molecule has 110 valence electrons. The molecule has 0 unspecified atom stereocenters. The van der Waals surface area contributed by atoms with Crippen LogP contribution in [0, 0.1) is 0 Å². The van der Waals surface area contributed by atoms with Crippen molar-refractivity contribution in [2.24, 2.45) is 0 Å². The van der Waals surface area contributed by atoms with Crippen LogP contribution < -0.4 is 0 Å². The molecule has 5 heteroatoms. The number of hydrogen-bond donors (Lipinski definition) is 0. The van der Waals surface area contributed by atoms with Crippen molar-refractivity contribution >= 4 is 11.3 Å². The molecule has 4 nitrogen and oxygen atoms in total. The van der Waals surface area contributed by atoms with Gasteiger partial charge in [-0.3, -0.25) is 4.98 Å². The van der Waals surface area contributed by atoms with E-state index in [1.54, 1.807) is 36.0 Å². The average Bonchev–Trinajstić information content (AvgIpc) is 3.09. The van der Waals surface area contributed by atoms with Gasteiger partial charge < -0.3 is 0 Å². The van der Waals surface area contributed by atoms with Crippen molar-refractivity contribution in [1.29, 1.82) is 0 Å². The van der Waals surface area contributed by atoms with Crippen LogP contribution in [0.1, 0.15) is 0 Å². The van der Waals surface area contributed by atoms with Crippen molar-refractivity contribution in [3.05, 3.63) is 73.2 Å². The maximum atomic E-state index is 4.76. The predicted octanol–water partition coefficient (Wildman–Crippen LogP) is 4.33. The monoisotopic (exact) mass is 316 g/mol. The van der Waals surface area contributed by atoms with E-state index in [4.69, 9.17) is 4.98 Å². The molecule has 0 N–H and O–H groups in total. The highest BCUT2D eigenvalue weighted by Crippen LogP contribution is 2.38. The van der Waals surface area contributed by atoms with Gasteiger partial charge in [0.15, 0.2) is 10.8 Å². The van der Waals surface area contributed by atoms with Gasteiger partial charge in [-0.15, -0.1) is 11.3 Å². The highest BCUT2D eigenvalue weighted by Gasteiger charge is 2.17. The highest BCUT2D eigenvalue weighted by atomic mass is 32.1. The molecule has 3 aromatic heterocycles. The Labute approximate surface area is 137 Å². The van der Waals surface area contributed by atoms with Crippen molar-refractivity contribution in [3.63, 3.8) is 0 Å². The lowest BCUT2D eigenvalue weighted by Gasteiger charge is -2.01. The second-order valence-electron chi connectivity index (χ2n) is 4.85. The zero-order valence-corrected chi connectivity index (χ0v) is 12.9. The molecule has 0 bridgehead atoms. The summed E-state index contributed by atoms with van der Waals surface area (Å²) in [4.78, 5) is 18.9. The topological polar surface area (TPSA) is 51.6 Å². The van der Waals surface area contributed by atoms with Gasteiger partial charge in [0.05, 0.1) is 10.6 Å². The van der Waals surface area contributed by atoms with Crippen LogP contribution in [0.3, 0.4) is 0 Å². The van der Waals surface area contributed by atoms with E-state index in [1.165, 1.54) is 0 Å². The zero-order chi connectivity index (χ0) is 15.5. The van der Waals surface area contributed by atoms with Gasteiger partial charge in [-0.25, -0.2) is 15.0 Å². The van der Waals surface area contributed by atoms with E-state index in [0.29, 0.717) is 5.82 Å². The minimum Gasteiger partial charge on any atom is -0.255 e. The summed E-state index contributed by atoms with van der Waals surface area (Å²) in [5.41, 5.74) is 2.84.